The fourth-order valence-corrected chi connectivity index (χ4v) is 3.24. The number of thioether (sulfide) groups is 1. The van der Waals surface area contributed by atoms with E-state index >= 15 is 0 Å². The van der Waals surface area contributed by atoms with Crippen molar-refractivity contribution in [1.29, 1.82) is 0 Å². The van der Waals surface area contributed by atoms with Crippen molar-refractivity contribution in [3.05, 3.63) is 42.2 Å². The van der Waals surface area contributed by atoms with Crippen LogP contribution in [0, 0.1) is 0 Å². The number of fused-ring (bicyclic) bond motifs is 3. The summed E-state index contributed by atoms with van der Waals surface area (Å²) in [5, 5.41) is 2.00. The van der Waals surface area contributed by atoms with E-state index in [1.807, 2.05) is 30.3 Å². The molecular formula is C17H15N3O2S. The number of pyridine rings is 2. The summed E-state index contributed by atoms with van der Waals surface area (Å²) >= 11 is 1.43. The zero-order valence-corrected chi connectivity index (χ0v) is 13.6. The highest BCUT2D eigenvalue weighted by molar-refractivity contribution is 8.00. The predicted molar refractivity (Wildman–Crippen MR) is 93.3 cm³/mol. The molecule has 0 fully saturated rings. The smallest absolute Gasteiger partial charge is 0.315 e. The number of hydrogen-bond acceptors (Lipinski definition) is 6. The van der Waals surface area contributed by atoms with Gasteiger partial charge in [-0.15, -0.1) is 11.8 Å². The average Bonchev–Trinajstić information content (AvgIpc) is 2.59. The van der Waals surface area contributed by atoms with E-state index in [0.717, 1.165) is 32.4 Å². The lowest BCUT2D eigenvalue weighted by Crippen LogP contribution is -2.03. The van der Waals surface area contributed by atoms with Crippen molar-refractivity contribution in [2.75, 3.05) is 19.9 Å². The van der Waals surface area contributed by atoms with Gasteiger partial charge >= 0.3 is 5.97 Å². The molecule has 2 aromatic heterocycles. The van der Waals surface area contributed by atoms with E-state index in [9.17, 15) is 4.79 Å². The van der Waals surface area contributed by atoms with Gasteiger partial charge in [0.25, 0.3) is 0 Å². The van der Waals surface area contributed by atoms with Crippen molar-refractivity contribution < 1.29 is 9.53 Å². The fourth-order valence-electron chi connectivity index (χ4n) is 2.33. The summed E-state index contributed by atoms with van der Waals surface area (Å²) in [6, 6.07) is 9.86. The van der Waals surface area contributed by atoms with Gasteiger partial charge in [-0.05, 0) is 12.1 Å². The van der Waals surface area contributed by atoms with Crippen LogP contribution in [0.5, 0.6) is 0 Å². The van der Waals surface area contributed by atoms with E-state index in [1.54, 1.807) is 19.5 Å². The first kappa shape index (κ1) is 15.4. The molecule has 0 aliphatic carbocycles. The van der Waals surface area contributed by atoms with Gasteiger partial charge in [0.15, 0.2) is 0 Å². The van der Waals surface area contributed by atoms with Gasteiger partial charge in [-0.25, -0.2) is 4.98 Å². The Bertz CT molecular complexity index is 909. The maximum atomic E-state index is 11.4. The van der Waals surface area contributed by atoms with Crippen LogP contribution in [-0.2, 0) is 9.53 Å². The first-order valence-electron chi connectivity index (χ1n) is 7.03. The SMILES string of the molecule is CN=Cc1cc(SCC(=O)OC)c2ccc3cccnc3c2n1. The second-order valence-corrected chi connectivity index (χ2v) is 5.85. The number of methoxy groups -OCH3 is 1. The average molecular weight is 325 g/mol. The Balaban J connectivity index is 2.20. The lowest BCUT2D eigenvalue weighted by atomic mass is 10.1. The number of aliphatic imine (C=N–C) groups is 1. The minimum atomic E-state index is -0.260. The third kappa shape index (κ3) is 3.17. The van der Waals surface area contributed by atoms with Crippen molar-refractivity contribution >= 4 is 45.8 Å². The highest BCUT2D eigenvalue weighted by Crippen LogP contribution is 2.31. The summed E-state index contributed by atoms with van der Waals surface area (Å²) < 4.78 is 4.72. The molecule has 0 atom stereocenters. The van der Waals surface area contributed by atoms with Crippen molar-refractivity contribution in [1.82, 2.24) is 9.97 Å². The zero-order valence-electron chi connectivity index (χ0n) is 12.8. The Morgan fingerprint density at radius 1 is 1.35 bits per heavy atom. The van der Waals surface area contributed by atoms with Crippen molar-refractivity contribution in [2.45, 2.75) is 4.90 Å². The number of ether oxygens (including phenoxy) is 1. The number of esters is 1. The number of carbonyl (C=O) groups is 1. The van der Waals surface area contributed by atoms with Gasteiger partial charge in [-0.2, -0.15) is 0 Å². The predicted octanol–water partition coefficient (Wildman–Crippen LogP) is 3.10. The number of hydrogen-bond donors (Lipinski definition) is 0. The third-order valence-corrected chi connectivity index (χ3v) is 4.40. The maximum Gasteiger partial charge on any atom is 0.315 e. The Hall–Kier alpha value is -2.47. The molecule has 3 aromatic rings. The van der Waals surface area contributed by atoms with Gasteiger partial charge in [0.05, 0.1) is 29.6 Å². The molecule has 0 spiro atoms. The number of benzene rings is 1. The van der Waals surface area contributed by atoms with Gasteiger partial charge in [0.1, 0.15) is 0 Å². The monoisotopic (exact) mass is 325 g/mol. The summed E-state index contributed by atoms with van der Waals surface area (Å²) in [4.78, 5) is 25.6. The van der Waals surface area contributed by atoms with Gasteiger partial charge in [0, 0.05) is 35.1 Å². The van der Waals surface area contributed by atoms with E-state index in [0.29, 0.717) is 0 Å². The van der Waals surface area contributed by atoms with E-state index in [4.69, 9.17) is 4.74 Å². The Morgan fingerprint density at radius 2 is 2.22 bits per heavy atom. The second-order valence-electron chi connectivity index (χ2n) is 4.83. The van der Waals surface area contributed by atoms with Crippen LogP contribution < -0.4 is 0 Å². The van der Waals surface area contributed by atoms with E-state index in [1.165, 1.54) is 18.9 Å². The molecule has 0 unspecified atom stereocenters. The molecular weight excluding hydrogens is 310 g/mol. The summed E-state index contributed by atoms with van der Waals surface area (Å²) in [5.41, 5.74) is 2.40. The van der Waals surface area contributed by atoms with Crippen LogP contribution in [-0.4, -0.2) is 42.1 Å². The molecule has 116 valence electrons. The largest absolute Gasteiger partial charge is 0.468 e. The molecule has 0 aliphatic heterocycles. The van der Waals surface area contributed by atoms with Crippen LogP contribution in [0.15, 0.2) is 46.4 Å². The van der Waals surface area contributed by atoms with Gasteiger partial charge in [-0.1, -0.05) is 18.2 Å². The van der Waals surface area contributed by atoms with Crippen LogP contribution in [0.25, 0.3) is 21.8 Å². The van der Waals surface area contributed by atoms with E-state index < -0.39 is 0 Å². The maximum absolute atomic E-state index is 11.4. The minimum Gasteiger partial charge on any atom is -0.468 e. The summed E-state index contributed by atoms with van der Waals surface area (Å²) in [6.45, 7) is 0. The first-order chi connectivity index (χ1) is 11.2. The highest BCUT2D eigenvalue weighted by Gasteiger charge is 2.11. The van der Waals surface area contributed by atoms with Crippen LogP contribution in [0.3, 0.4) is 0 Å². The van der Waals surface area contributed by atoms with Gasteiger partial charge in [-0.3, -0.25) is 14.8 Å². The van der Waals surface area contributed by atoms with Crippen LogP contribution >= 0.6 is 11.8 Å². The molecule has 5 nitrogen and oxygen atoms in total. The molecule has 0 saturated carbocycles. The van der Waals surface area contributed by atoms with Crippen LogP contribution in [0.1, 0.15) is 5.69 Å². The van der Waals surface area contributed by atoms with Crippen LogP contribution in [0.2, 0.25) is 0 Å². The van der Waals surface area contributed by atoms with Gasteiger partial charge in [0.2, 0.25) is 0 Å². The quantitative estimate of drug-likeness (QED) is 0.319. The Kier molecular flexibility index (Phi) is 4.52. The summed E-state index contributed by atoms with van der Waals surface area (Å²) in [5.74, 6) is -0.0111. The third-order valence-electron chi connectivity index (χ3n) is 3.37. The summed E-state index contributed by atoms with van der Waals surface area (Å²) in [7, 11) is 3.09. The molecule has 23 heavy (non-hydrogen) atoms. The van der Waals surface area contributed by atoms with E-state index in [2.05, 4.69) is 15.0 Å². The zero-order chi connectivity index (χ0) is 16.2. The Labute approximate surface area is 137 Å². The van der Waals surface area contributed by atoms with Crippen molar-refractivity contribution in [3.63, 3.8) is 0 Å². The van der Waals surface area contributed by atoms with Crippen molar-refractivity contribution in [3.8, 4) is 0 Å². The molecule has 0 amide bonds. The topological polar surface area (TPSA) is 64.4 Å². The van der Waals surface area contributed by atoms with Gasteiger partial charge < -0.3 is 4.74 Å². The molecule has 0 aliphatic rings. The number of aromatic nitrogens is 2. The minimum absolute atomic E-state index is 0.249. The second kappa shape index (κ2) is 6.75. The number of rotatable bonds is 4. The molecule has 0 radical (unpaired) electrons. The lowest BCUT2D eigenvalue weighted by molar-refractivity contribution is -0.137. The molecule has 2 heterocycles. The molecule has 0 saturated heterocycles. The standard InChI is InChI=1S/C17H15N3O2S/c1-18-9-12-8-14(23-10-15(21)22-2)13-6-5-11-4-3-7-19-16(11)17(13)20-12/h3-9H,10H2,1-2H3. The van der Waals surface area contributed by atoms with Crippen LogP contribution in [0.4, 0.5) is 0 Å². The number of nitrogens with zero attached hydrogens (tertiary/aromatic N) is 3. The first-order valence-corrected chi connectivity index (χ1v) is 8.01. The molecule has 0 N–H and O–H groups in total. The van der Waals surface area contributed by atoms with Crippen molar-refractivity contribution in [2.24, 2.45) is 4.99 Å². The molecule has 0 bridgehead atoms. The normalized spacial score (nSPS) is 11.4. The molecule has 6 heteroatoms. The molecule has 3 rings (SSSR count). The Morgan fingerprint density at radius 3 is 3.00 bits per heavy atom. The van der Waals surface area contributed by atoms with E-state index in [-0.39, 0.29) is 11.7 Å². The number of carbonyl (C=O) groups excluding carboxylic acids is 1. The summed E-state index contributed by atoms with van der Waals surface area (Å²) in [6.07, 6.45) is 3.45. The fraction of sp³-hybridized carbons (Fsp3) is 0.176. The highest BCUT2D eigenvalue weighted by atomic mass is 32.2. The lowest BCUT2D eigenvalue weighted by Gasteiger charge is -2.09. The molecule has 1 aromatic carbocycles.